The van der Waals surface area contributed by atoms with E-state index in [0.717, 1.165) is 17.8 Å². The Balaban J connectivity index is 0.000000131. The van der Waals surface area contributed by atoms with E-state index in [1.807, 2.05) is 0 Å². The summed E-state index contributed by atoms with van der Waals surface area (Å²) in [5.74, 6) is 2.56. The Morgan fingerprint density at radius 2 is 1.36 bits per heavy atom. The molecule has 0 heterocycles. The van der Waals surface area contributed by atoms with E-state index >= 15 is 0 Å². The Morgan fingerprint density at radius 3 is 1.55 bits per heavy atom. The summed E-state index contributed by atoms with van der Waals surface area (Å²) in [5.41, 5.74) is 14.1. The lowest BCUT2D eigenvalue weighted by molar-refractivity contribution is 0.136. The summed E-state index contributed by atoms with van der Waals surface area (Å²) in [6.45, 7) is 14.2. The predicted molar refractivity (Wildman–Crippen MR) is 94.4 cm³/mol. The molecule has 0 amide bonds. The molecule has 0 aliphatic heterocycles. The SMILES string of the molecule is CC1(C)C2CCC1(C)C(N)C2.CC1CC2CCC1(N)C2(C)C. The average molecular weight is 307 g/mol. The minimum Gasteiger partial charge on any atom is -0.327 e. The second kappa shape index (κ2) is 4.72. The van der Waals surface area contributed by atoms with Crippen molar-refractivity contribution >= 4 is 0 Å². The third-order valence-electron chi connectivity index (χ3n) is 9.51. The summed E-state index contributed by atoms with van der Waals surface area (Å²) in [6.07, 6.45) is 8.02. The summed E-state index contributed by atoms with van der Waals surface area (Å²) in [5, 5.41) is 0. The summed E-state index contributed by atoms with van der Waals surface area (Å²) in [6, 6.07) is 0.469. The zero-order chi connectivity index (χ0) is 16.6. The van der Waals surface area contributed by atoms with E-state index in [-0.39, 0.29) is 5.54 Å². The van der Waals surface area contributed by atoms with E-state index in [1.54, 1.807) is 0 Å². The number of fused-ring (bicyclic) bond motifs is 4. The van der Waals surface area contributed by atoms with Gasteiger partial charge in [-0.25, -0.2) is 0 Å². The quantitative estimate of drug-likeness (QED) is 0.700. The molecule has 0 radical (unpaired) electrons. The van der Waals surface area contributed by atoms with Crippen molar-refractivity contribution in [3.05, 3.63) is 0 Å². The Labute approximate surface area is 137 Å². The smallest absolute Gasteiger partial charge is 0.0234 e. The molecule has 4 saturated carbocycles. The topological polar surface area (TPSA) is 52.0 Å². The zero-order valence-electron chi connectivity index (χ0n) is 15.7. The highest BCUT2D eigenvalue weighted by atomic mass is 14.9. The highest BCUT2D eigenvalue weighted by Crippen LogP contribution is 2.64. The van der Waals surface area contributed by atoms with E-state index in [2.05, 4.69) is 41.5 Å². The molecule has 2 heteroatoms. The highest BCUT2D eigenvalue weighted by Gasteiger charge is 2.61. The molecule has 0 aromatic carbocycles. The lowest BCUT2D eigenvalue weighted by Crippen LogP contribution is -2.50. The summed E-state index contributed by atoms with van der Waals surface area (Å²) >= 11 is 0. The first kappa shape index (κ1) is 16.8. The molecule has 6 unspecified atom stereocenters. The summed E-state index contributed by atoms with van der Waals surface area (Å²) < 4.78 is 0. The van der Waals surface area contributed by atoms with E-state index in [1.165, 1.54) is 38.5 Å². The Kier molecular flexibility index (Phi) is 3.60. The molecule has 4 aliphatic rings. The lowest BCUT2D eigenvalue weighted by Gasteiger charge is -2.37. The number of hydrogen-bond donors (Lipinski definition) is 2. The zero-order valence-corrected chi connectivity index (χ0v) is 15.7. The normalized spacial score (nSPS) is 53.5. The van der Waals surface area contributed by atoms with Crippen LogP contribution in [0.3, 0.4) is 0 Å². The van der Waals surface area contributed by atoms with Crippen LogP contribution in [0.2, 0.25) is 0 Å². The number of rotatable bonds is 0. The van der Waals surface area contributed by atoms with Crippen molar-refractivity contribution < 1.29 is 0 Å². The van der Waals surface area contributed by atoms with Crippen LogP contribution in [0.5, 0.6) is 0 Å². The van der Waals surface area contributed by atoms with Gasteiger partial charge in [0.05, 0.1) is 0 Å². The van der Waals surface area contributed by atoms with Gasteiger partial charge in [-0.15, -0.1) is 0 Å². The molecule has 0 saturated heterocycles. The van der Waals surface area contributed by atoms with Crippen molar-refractivity contribution in [3.8, 4) is 0 Å². The maximum absolute atomic E-state index is 6.42. The molecule has 22 heavy (non-hydrogen) atoms. The van der Waals surface area contributed by atoms with Crippen molar-refractivity contribution in [3.63, 3.8) is 0 Å². The van der Waals surface area contributed by atoms with Crippen LogP contribution in [0.1, 0.15) is 80.1 Å². The number of hydrogen-bond acceptors (Lipinski definition) is 2. The van der Waals surface area contributed by atoms with E-state index in [4.69, 9.17) is 11.5 Å². The largest absolute Gasteiger partial charge is 0.327 e. The van der Waals surface area contributed by atoms with Gasteiger partial charge in [-0.2, -0.15) is 0 Å². The minimum absolute atomic E-state index is 0.164. The fraction of sp³-hybridized carbons (Fsp3) is 1.00. The van der Waals surface area contributed by atoms with Crippen LogP contribution in [-0.2, 0) is 0 Å². The number of nitrogens with two attached hydrogens (primary N) is 2. The van der Waals surface area contributed by atoms with Gasteiger partial charge < -0.3 is 11.5 Å². The molecule has 4 rings (SSSR count). The van der Waals surface area contributed by atoms with Gasteiger partial charge in [-0.05, 0) is 72.5 Å². The first-order valence-corrected chi connectivity index (χ1v) is 9.51. The van der Waals surface area contributed by atoms with Crippen molar-refractivity contribution in [2.45, 2.75) is 91.6 Å². The Morgan fingerprint density at radius 1 is 0.818 bits per heavy atom. The van der Waals surface area contributed by atoms with Gasteiger partial charge in [0.2, 0.25) is 0 Å². The minimum atomic E-state index is 0.164. The third kappa shape index (κ3) is 1.86. The van der Waals surface area contributed by atoms with Gasteiger partial charge in [-0.1, -0.05) is 41.5 Å². The molecule has 4 aliphatic carbocycles. The second-order valence-electron chi connectivity index (χ2n) is 10.4. The van der Waals surface area contributed by atoms with Gasteiger partial charge in [0.25, 0.3) is 0 Å². The molecular formula is C20H38N2. The van der Waals surface area contributed by atoms with E-state index < -0.39 is 0 Å². The monoisotopic (exact) mass is 306 g/mol. The van der Waals surface area contributed by atoms with Crippen molar-refractivity contribution in [2.24, 2.45) is 45.5 Å². The molecular weight excluding hydrogens is 268 g/mol. The molecule has 0 aromatic rings. The predicted octanol–water partition coefficient (Wildman–Crippen LogP) is 4.32. The van der Waals surface area contributed by atoms with Crippen molar-refractivity contribution in [1.82, 2.24) is 0 Å². The first-order valence-electron chi connectivity index (χ1n) is 9.51. The molecule has 4 N–H and O–H groups in total. The van der Waals surface area contributed by atoms with Crippen LogP contribution in [0.4, 0.5) is 0 Å². The first-order chi connectivity index (χ1) is 9.97. The van der Waals surface area contributed by atoms with Crippen LogP contribution in [0.25, 0.3) is 0 Å². The summed E-state index contributed by atoms with van der Waals surface area (Å²) in [4.78, 5) is 0. The van der Waals surface area contributed by atoms with E-state index in [9.17, 15) is 0 Å². The molecule has 4 bridgehead atoms. The van der Waals surface area contributed by atoms with Crippen LogP contribution in [0.15, 0.2) is 0 Å². The Hall–Kier alpha value is -0.0800. The standard InChI is InChI=1S/2C10H19N/c1-9(2)7-4-5-10(9,3)8(11)6-7;1-7-6-8-4-5-10(7,11)9(8,2)3/h2*7-8H,4-6,11H2,1-3H3. The molecule has 0 aromatic heterocycles. The van der Waals surface area contributed by atoms with Crippen LogP contribution < -0.4 is 11.5 Å². The lowest BCUT2D eigenvalue weighted by atomic mass is 9.69. The summed E-state index contributed by atoms with van der Waals surface area (Å²) in [7, 11) is 0. The molecule has 2 nitrogen and oxygen atoms in total. The van der Waals surface area contributed by atoms with Crippen LogP contribution in [-0.4, -0.2) is 11.6 Å². The van der Waals surface area contributed by atoms with Crippen molar-refractivity contribution in [1.29, 1.82) is 0 Å². The fourth-order valence-corrected chi connectivity index (χ4v) is 6.67. The van der Waals surface area contributed by atoms with Gasteiger partial charge in [0.15, 0.2) is 0 Å². The molecule has 0 spiro atoms. The van der Waals surface area contributed by atoms with E-state index in [0.29, 0.717) is 22.3 Å². The van der Waals surface area contributed by atoms with Gasteiger partial charge in [0.1, 0.15) is 0 Å². The second-order valence-corrected chi connectivity index (χ2v) is 10.4. The maximum Gasteiger partial charge on any atom is 0.0234 e. The fourth-order valence-electron chi connectivity index (χ4n) is 6.67. The highest BCUT2D eigenvalue weighted by molar-refractivity contribution is 5.15. The molecule has 128 valence electrons. The van der Waals surface area contributed by atoms with Crippen molar-refractivity contribution in [2.75, 3.05) is 0 Å². The average Bonchev–Trinajstić information content (AvgIpc) is 2.91. The Bertz CT molecular complexity index is 413. The third-order valence-corrected chi connectivity index (χ3v) is 9.51. The van der Waals surface area contributed by atoms with Crippen LogP contribution >= 0.6 is 0 Å². The van der Waals surface area contributed by atoms with Gasteiger partial charge in [-0.3, -0.25) is 0 Å². The van der Waals surface area contributed by atoms with Crippen LogP contribution in [0, 0.1) is 34.0 Å². The van der Waals surface area contributed by atoms with Gasteiger partial charge >= 0.3 is 0 Å². The molecule has 4 fully saturated rings. The maximum atomic E-state index is 6.42. The van der Waals surface area contributed by atoms with Gasteiger partial charge in [0, 0.05) is 11.6 Å². The molecule has 6 atom stereocenters.